The summed E-state index contributed by atoms with van der Waals surface area (Å²) in [6.45, 7) is 4.11. The summed E-state index contributed by atoms with van der Waals surface area (Å²) in [4.78, 5) is 14.7. The lowest BCUT2D eigenvalue weighted by Crippen LogP contribution is -2.13. The van der Waals surface area contributed by atoms with Crippen molar-refractivity contribution >= 4 is 16.7 Å². The topological polar surface area (TPSA) is 58.9 Å². The summed E-state index contributed by atoms with van der Waals surface area (Å²) in [6, 6.07) is 4.11. The Morgan fingerprint density at radius 2 is 2.13 bits per heavy atom. The maximum Gasteiger partial charge on any atom is 0.178 e. The standard InChI is InChI=1S/C12H14N2O/c1-7-3-8(2)12-9(11(15)5-13)6-14-10(12)4-7/h3-4,6,14H,5,13H2,1-2H3. The molecule has 0 amide bonds. The molecule has 3 N–H and O–H groups in total. The van der Waals surface area contributed by atoms with Crippen molar-refractivity contribution in [2.75, 3.05) is 6.54 Å². The SMILES string of the molecule is Cc1cc(C)c2c(C(=O)CN)c[nH]c2c1. The van der Waals surface area contributed by atoms with Gasteiger partial charge in [-0.15, -0.1) is 0 Å². The Morgan fingerprint density at radius 3 is 2.80 bits per heavy atom. The fourth-order valence-electron chi connectivity index (χ4n) is 1.99. The summed E-state index contributed by atoms with van der Waals surface area (Å²) < 4.78 is 0. The lowest BCUT2D eigenvalue weighted by Gasteiger charge is -2.01. The molecule has 2 aromatic rings. The predicted molar refractivity (Wildman–Crippen MR) is 61.2 cm³/mol. The van der Waals surface area contributed by atoms with E-state index in [4.69, 9.17) is 5.73 Å². The van der Waals surface area contributed by atoms with Crippen molar-refractivity contribution in [3.05, 3.63) is 35.0 Å². The zero-order valence-corrected chi connectivity index (χ0v) is 8.92. The van der Waals surface area contributed by atoms with Crippen LogP contribution in [0.25, 0.3) is 10.9 Å². The Balaban J connectivity index is 2.74. The highest BCUT2D eigenvalue weighted by Crippen LogP contribution is 2.23. The first-order chi connectivity index (χ1) is 7.13. The summed E-state index contributed by atoms with van der Waals surface area (Å²) in [6.07, 6.45) is 1.74. The van der Waals surface area contributed by atoms with Crippen molar-refractivity contribution in [3.63, 3.8) is 0 Å². The number of carbonyl (C=O) groups is 1. The molecule has 1 aromatic heterocycles. The lowest BCUT2D eigenvalue weighted by atomic mass is 10.0. The molecule has 1 aromatic carbocycles. The maximum absolute atomic E-state index is 11.6. The Morgan fingerprint density at radius 1 is 1.40 bits per heavy atom. The Kier molecular flexibility index (Phi) is 2.32. The lowest BCUT2D eigenvalue weighted by molar-refractivity contribution is 0.100. The van der Waals surface area contributed by atoms with Gasteiger partial charge in [0, 0.05) is 22.7 Å². The van der Waals surface area contributed by atoms with Crippen LogP contribution in [0.1, 0.15) is 21.5 Å². The number of aromatic amines is 1. The second-order valence-corrected chi connectivity index (χ2v) is 3.83. The average molecular weight is 202 g/mol. The van der Waals surface area contributed by atoms with Crippen LogP contribution in [0.2, 0.25) is 0 Å². The summed E-state index contributed by atoms with van der Waals surface area (Å²) in [5, 5.41) is 0.996. The van der Waals surface area contributed by atoms with Crippen molar-refractivity contribution in [2.24, 2.45) is 5.73 Å². The third kappa shape index (κ3) is 1.55. The second kappa shape index (κ2) is 3.51. The zero-order chi connectivity index (χ0) is 11.0. The number of hydrogen-bond acceptors (Lipinski definition) is 2. The van der Waals surface area contributed by atoms with E-state index in [1.807, 2.05) is 19.9 Å². The van der Waals surface area contributed by atoms with Gasteiger partial charge in [-0.3, -0.25) is 4.79 Å². The molecule has 2 rings (SSSR count). The molecule has 0 fully saturated rings. The first kappa shape index (κ1) is 9.93. The van der Waals surface area contributed by atoms with Crippen LogP contribution in [0.4, 0.5) is 0 Å². The van der Waals surface area contributed by atoms with E-state index in [0.717, 1.165) is 16.5 Å². The van der Waals surface area contributed by atoms with Gasteiger partial charge in [-0.25, -0.2) is 0 Å². The zero-order valence-electron chi connectivity index (χ0n) is 8.92. The van der Waals surface area contributed by atoms with Gasteiger partial charge in [-0.2, -0.15) is 0 Å². The van der Waals surface area contributed by atoms with Gasteiger partial charge in [-0.1, -0.05) is 6.07 Å². The number of Topliss-reactive ketones (excluding diaryl/α,β-unsaturated/α-hetero) is 1. The van der Waals surface area contributed by atoms with E-state index >= 15 is 0 Å². The first-order valence-electron chi connectivity index (χ1n) is 4.95. The molecule has 0 saturated carbocycles. The van der Waals surface area contributed by atoms with Crippen LogP contribution < -0.4 is 5.73 Å². The van der Waals surface area contributed by atoms with Crippen LogP contribution in [0.5, 0.6) is 0 Å². The van der Waals surface area contributed by atoms with E-state index in [9.17, 15) is 4.79 Å². The molecule has 78 valence electrons. The number of fused-ring (bicyclic) bond motifs is 1. The van der Waals surface area contributed by atoms with Crippen LogP contribution >= 0.6 is 0 Å². The van der Waals surface area contributed by atoms with Gasteiger partial charge in [0.25, 0.3) is 0 Å². The van der Waals surface area contributed by atoms with E-state index in [1.54, 1.807) is 6.20 Å². The number of nitrogens with two attached hydrogens (primary N) is 1. The van der Waals surface area contributed by atoms with E-state index in [2.05, 4.69) is 11.1 Å². The Labute approximate surface area is 88.3 Å². The molecule has 0 bridgehead atoms. The fraction of sp³-hybridized carbons (Fsp3) is 0.250. The van der Waals surface area contributed by atoms with Crippen molar-refractivity contribution in [1.29, 1.82) is 0 Å². The van der Waals surface area contributed by atoms with Gasteiger partial charge in [0.2, 0.25) is 0 Å². The maximum atomic E-state index is 11.6. The molecular formula is C12H14N2O. The van der Waals surface area contributed by atoms with Gasteiger partial charge in [0.05, 0.1) is 6.54 Å². The predicted octanol–water partition coefficient (Wildman–Crippen LogP) is 1.93. The van der Waals surface area contributed by atoms with E-state index in [1.165, 1.54) is 5.56 Å². The number of carbonyl (C=O) groups excluding carboxylic acids is 1. The molecule has 0 aliphatic rings. The summed E-state index contributed by atoms with van der Waals surface area (Å²) in [7, 11) is 0. The summed E-state index contributed by atoms with van der Waals surface area (Å²) in [5.41, 5.74) is 9.38. The van der Waals surface area contributed by atoms with Crippen LogP contribution in [0, 0.1) is 13.8 Å². The number of aryl methyl sites for hydroxylation is 2. The molecule has 0 saturated heterocycles. The summed E-state index contributed by atoms with van der Waals surface area (Å²) in [5.74, 6) is -0.0202. The number of ketones is 1. The van der Waals surface area contributed by atoms with Crippen LogP contribution in [0.3, 0.4) is 0 Å². The molecule has 15 heavy (non-hydrogen) atoms. The molecule has 0 radical (unpaired) electrons. The molecule has 3 nitrogen and oxygen atoms in total. The van der Waals surface area contributed by atoms with Crippen LogP contribution in [-0.4, -0.2) is 17.3 Å². The second-order valence-electron chi connectivity index (χ2n) is 3.83. The number of aromatic nitrogens is 1. The molecule has 0 aliphatic carbocycles. The number of nitrogens with one attached hydrogen (secondary N) is 1. The van der Waals surface area contributed by atoms with Gasteiger partial charge >= 0.3 is 0 Å². The largest absolute Gasteiger partial charge is 0.360 e. The minimum atomic E-state index is -0.0202. The average Bonchev–Trinajstić information content (AvgIpc) is 2.60. The number of benzene rings is 1. The molecule has 0 spiro atoms. The molecule has 0 unspecified atom stereocenters. The van der Waals surface area contributed by atoms with Crippen LogP contribution in [-0.2, 0) is 0 Å². The van der Waals surface area contributed by atoms with Gasteiger partial charge < -0.3 is 10.7 Å². The molecule has 3 heteroatoms. The van der Waals surface area contributed by atoms with Crippen molar-refractivity contribution in [2.45, 2.75) is 13.8 Å². The van der Waals surface area contributed by atoms with Gasteiger partial charge in [-0.05, 0) is 31.0 Å². The molecule has 0 atom stereocenters. The smallest absolute Gasteiger partial charge is 0.178 e. The first-order valence-corrected chi connectivity index (χ1v) is 4.95. The monoisotopic (exact) mass is 202 g/mol. The van der Waals surface area contributed by atoms with Crippen LogP contribution in [0.15, 0.2) is 18.3 Å². The number of rotatable bonds is 2. The quantitative estimate of drug-likeness (QED) is 0.731. The summed E-state index contributed by atoms with van der Waals surface area (Å²) >= 11 is 0. The third-order valence-corrected chi connectivity index (χ3v) is 2.61. The van der Waals surface area contributed by atoms with E-state index in [-0.39, 0.29) is 12.3 Å². The minimum Gasteiger partial charge on any atom is -0.360 e. The number of hydrogen-bond donors (Lipinski definition) is 2. The Hall–Kier alpha value is -1.61. The molecule has 1 heterocycles. The van der Waals surface area contributed by atoms with E-state index in [0.29, 0.717) is 5.56 Å². The minimum absolute atomic E-state index is 0.0202. The number of H-pyrrole nitrogens is 1. The fourth-order valence-corrected chi connectivity index (χ4v) is 1.99. The normalized spacial score (nSPS) is 10.9. The molecular weight excluding hydrogens is 188 g/mol. The van der Waals surface area contributed by atoms with Gasteiger partial charge in [0.1, 0.15) is 0 Å². The van der Waals surface area contributed by atoms with E-state index < -0.39 is 0 Å². The highest BCUT2D eigenvalue weighted by Gasteiger charge is 2.12. The van der Waals surface area contributed by atoms with Crippen molar-refractivity contribution < 1.29 is 4.79 Å². The highest BCUT2D eigenvalue weighted by atomic mass is 16.1. The highest BCUT2D eigenvalue weighted by molar-refractivity contribution is 6.09. The third-order valence-electron chi connectivity index (χ3n) is 2.61. The van der Waals surface area contributed by atoms with Crippen molar-refractivity contribution in [1.82, 2.24) is 4.98 Å². The Bertz CT molecular complexity index is 526. The van der Waals surface area contributed by atoms with Gasteiger partial charge in [0.15, 0.2) is 5.78 Å². The molecule has 0 aliphatic heterocycles. The van der Waals surface area contributed by atoms with Crippen molar-refractivity contribution in [3.8, 4) is 0 Å².